The van der Waals surface area contributed by atoms with Gasteiger partial charge in [-0.2, -0.15) is 0 Å². The Kier molecular flexibility index (Phi) is 5.13. The lowest BCUT2D eigenvalue weighted by molar-refractivity contribution is -0.122. The van der Waals surface area contributed by atoms with Crippen molar-refractivity contribution in [1.29, 1.82) is 0 Å². The molecule has 0 spiro atoms. The molecule has 0 N–H and O–H groups in total. The highest BCUT2D eigenvalue weighted by Crippen LogP contribution is 2.37. The predicted octanol–water partition coefficient (Wildman–Crippen LogP) is 4.17. The largest absolute Gasteiger partial charge is 0.485 e. The first kappa shape index (κ1) is 18.6. The van der Waals surface area contributed by atoms with Gasteiger partial charge in [0.25, 0.3) is 0 Å². The van der Waals surface area contributed by atoms with Gasteiger partial charge >= 0.3 is 0 Å². The monoisotopic (exact) mass is 439 g/mol. The highest BCUT2D eigenvalue weighted by molar-refractivity contribution is 9.10. The average Bonchev–Trinajstić information content (AvgIpc) is 2.98. The average molecular weight is 440 g/mol. The molecule has 1 aliphatic heterocycles. The molecule has 0 aromatic heterocycles. The molecule has 0 saturated carbocycles. The predicted molar refractivity (Wildman–Crippen MR) is 108 cm³/mol. The fourth-order valence-corrected chi connectivity index (χ4v) is 3.88. The number of hydrogen-bond acceptors (Lipinski definition) is 4. The van der Waals surface area contributed by atoms with E-state index in [4.69, 9.17) is 4.74 Å². The molecule has 2 atom stereocenters. The molecule has 142 valence electrons. The Morgan fingerprint density at radius 3 is 2.07 bits per heavy atom. The van der Waals surface area contributed by atoms with Gasteiger partial charge < -0.3 is 4.74 Å². The van der Waals surface area contributed by atoms with Gasteiger partial charge in [0.1, 0.15) is 5.75 Å². The summed E-state index contributed by atoms with van der Waals surface area (Å²) in [5, 5.41) is 0. The van der Waals surface area contributed by atoms with Crippen molar-refractivity contribution in [2.45, 2.75) is 12.8 Å². The number of Topliss-reactive ketones (excluding diaryl/α,β-unsaturated/α-hetero) is 1. The van der Waals surface area contributed by atoms with Crippen molar-refractivity contribution in [2.75, 3.05) is 11.5 Å². The Morgan fingerprint density at radius 1 is 0.929 bits per heavy atom. The second-order valence-electron chi connectivity index (χ2n) is 6.88. The molecule has 1 heterocycles. The molecular formula is C22H18BrNO4. The highest BCUT2D eigenvalue weighted by atomic mass is 79.9. The van der Waals surface area contributed by atoms with Crippen molar-refractivity contribution in [3.63, 3.8) is 0 Å². The van der Waals surface area contributed by atoms with E-state index in [-0.39, 0.29) is 36.0 Å². The number of fused-ring (bicyclic) bond motifs is 1. The number of carbonyl (C=O) groups is 3. The molecule has 2 amide bonds. The third kappa shape index (κ3) is 3.52. The molecule has 0 radical (unpaired) electrons. The minimum Gasteiger partial charge on any atom is -0.485 e. The van der Waals surface area contributed by atoms with Gasteiger partial charge in [-0.15, -0.1) is 0 Å². The summed E-state index contributed by atoms with van der Waals surface area (Å²) >= 11 is 3.34. The molecule has 28 heavy (non-hydrogen) atoms. The zero-order chi connectivity index (χ0) is 19.7. The van der Waals surface area contributed by atoms with Crippen LogP contribution in [0.25, 0.3) is 0 Å². The number of ketones is 1. The van der Waals surface area contributed by atoms with E-state index in [0.717, 1.165) is 4.47 Å². The van der Waals surface area contributed by atoms with Gasteiger partial charge in [-0.1, -0.05) is 40.2 Å². The second-order valence-corrected chi connectivity index (χ2v) is 7.80. The van der Waals surface area contributed by atoms with Crippen LogP contribution in [0.3, 0.4) is 0 Å². The van der Waals surface area contributed by atoms with Crippen molar-refractivity contribution in [1.82, 2.24) is 0 Å². The van der Waals surface area contributed by atoms with E-state index in [1.54, 1.807) is 48.5 Å². The Hall–Kier alpha value is -2.73. The maximum absolute atomic E-state index is 12.6. The lowest BCUT2D eigenvalue weighted by Gasteiger charge is -2.15. The number of halogens is 1. The molecule has 1 aliphatic carbocycles. The number of ether oxygens (including phenoxy) is 1. The number of hydrogen-bond donors (Lipinski definition) is 0. The summed E-state index contributed by atoms with van der Waals surface area (Å²) in [5.41, 5.74) is 1.11. The van der Waals surface area contributed by atoms with E-state index in [1.165, 1.54) is 4.90 Å². The number of carbonyl (C=O) groups excluding carboxylic acids is 3. The SMILES string of the molecule is O=C(COc1ccc(N2C(=O)[C@@H]3CC=CC[C@H]3C2=O)cc1)c1ccc(Br)cc1. The Bertz CT molecular complexity index is 924. The summed E-state index contributed by atoms with van der Waals surface area (Å²) in [6.07, 6.45) is 5.17. The van der Waals surface area contributed by atoms with Gasteiger partial charge in [-0.3, -0.25) is 19.3 Å². The Labute approximate surface area is 171 Å². The van der Waals surface area contributed by atoms with E-state index in [1.807, 2.05) is 12.2 Å². The van der Waals surface area contributed by atoms with Crippen LogP contribution in [0.2, 0.25) is 0 Å². The van der Waals surface area contributed by atoms with E-state index in [0.29, 0.717) is 29.8 Å². The van der Waals surface area contributed by atoms with Gasteiger partial charge in [0, 0.05) is 10.0 Å². The molecule has 4 rings (SSSR count). The second kappa shape index (κ2) is 7.72. The summed E-state index contributed by atoms with van der Waals surface area (Å²) < 4.78 is 6.46. The fourth-order valence-electron chi connectivity index (χ4n) is 3.61. The summed E-state index contributed by atoms with van der Waals surface area (Å²) in [5.74, 6) is -0.406. The maximum atomic E-state index is 12.6. The molecule has 2 aromatic rings. The maximum Gasteiger partial charge on any atom is 0.238 e. The minimum atomic E-state index is -0.253. The standard InChI is InChI=1S/C22H18BrNO4/c23-15-7-5-14(6-8-15)20(25)13-28-17-11-9-16(10-12-17)24-21(26)18-3-1-2-4-19(18)22(24)27/h1-2,5-12,18-19H,3-4,13H2/t18-,19-/m1/s1. The fraction of sp³-hybridized carbons (Fsp3) is 0.227. The third-order valence-corrected chi connectivity index (χ3v) is 5.67. The zero-order valence-electron chi connectivity index (χ0n) is 15.0. The molecule has 0 bridgehead atoms. The third-order valence-electron chi connectivity index (χ3n) is 5.14. The van der Waals surface area contributed by atoms with Gasteiger partial charge in [-0.05, 0) is 49.2 Å². The highest BCUT2D eigenvalue weighted by Gasteiger charge is 2.47. The van der Waals surface area contributed by atoms with Gasteiger partial charge in [0.2, 0.25) is 11.8 Å². The number of anilines is 1. The lowest BCUT2D eigenvalue weighted by atomic mass is 9.85. The van der Waals surface area contributed by atoms with Crippen molar-refractivity contribution < 1.29 is 19.1 Å². The van der Waals surface area contributed by atoms with Gasteiger partial charge in [0.05, 0.1) is 17.5 Å². The van der Waals surface area contributed by atoms with E-state index >= 15 is 0 Å². The van der Waals surface area contributed by atoms with Crippen molar-refractivity contribution in [3.05, 3.63) is 70.7 Å². The summed E-state index contributed by atoms with van der Waals surface area (Å²) in [6.45, 7) is -0.0849. The number of benzene rings is 2. The quantitative estimate of drug-likeness (QED) is 0.398. The number of nitrogens with zero attached hydrogens (tertiary/aromatic N) is 1. The van der Waals surface area contributed by atoms with Gasteiger partial charge in [-0.25, -0.2) is 0 Å². The van der Waals surface area contributed by atoms with Crippen LogP contribution >= 0.6 is 15.9 Å². The van der Waals surface area contributed by atoms with Crippen LogP contribution in [0.5, 0.6) is 5.75 Å². The minimum absolute atomic E-state index is 0.0849. The molecule has 0 unspecified atom stereocenters. The summed E-state index contributed by atoms with van der Waals surface area (Å²) in [6, 6.07) is 13.8. The van der Waals surface area contributed by atoms with Crippen LogP contribution < -0.4 is 9.64 Å². The van der Waals surface area contributed by atoms with Crippen molar-refractivity contribution in [3.8, 4) is 5.75 Å². The van der Waals surface area contributed by atoms with E-state index in [2.05, 4.69) is 15.9 Å². The number of imide groups is 1. The van der Waals surface area contributed by atoms with Crippen LogP contribution in [-0.2, 0) is 9.59 Å². The van der Waals surface area contributed by atoms with Crippen molar-refractivity contribution >= 4 is 39.2 Å². The number of rotatable bonds is 5. The van der Waals surface area contributed by atoms with E-state index < -0.39 is 0 Å². The first-order chi connectivity index (χ1) is 13.5. The first-order valence-corrected chi connectivity index (χ1v) is 9.88. The Balaban J connectivity index is 1.41. The van der Waals surface area contributed by atoms with Crippen LogP contribution in [-0.4, -0.2) is 24.2 Å². The zero-order valence-corrected chi connectivity index (χ0v) is 16.6. The molecular weight excluding hydrogens is 422 g/mol. The van der Waals surface area contributed by atoms with Crippen LogP contribution in [0.1, 0.15) is 23.2 Å². The smallest absolute Gasteiger partial charge is 0.238 e. The molecule has 2 aliphatic rings. The lowest BCUT2D eigenvalue weighted by Crippen LogP contribution is -2.30. The topological polar surface area (TPSA) is 63.7 Å². The van der Waals surface area contributed by atoms with Crippen LogP contribution in [0, 0.1) is 11.8 Å². The molecule has 2 aromatic carbocycles. The molecule has 1 saturated heterocycles. The molecule has 6 heteroatoms. The molecule has 1 fully saturated rings. The summed E-state index contributed by atoms with van der Waals surface area (Å²) in [7, 11) is 0. The summed E-state index contributed by atoms with van der Waals surface area (Å²) in [4.78, 5) is 38.7. The normalized spacial score (nSPS) is 21.0. The molecule has 5 nitrogen and oxygen atoms in total. The number of amides is 2. The van der Waals surface area contributed by atoms with Crippen LogP contribution in [0.15, 0.2) is 65.2 Å². The Morgan fingerprint density at radius 2 is 1.50 bits per heavy atom. The van der Waals surface area contributed by atoms with Crippen molar-refractivity contribution in [2.24, 2.45) is 11.8 Å². The van der Waals surface area contributed by atoms with Gasteiger partial charge in [0.15, 0.2) is 12.4 Å². The number of allylic oxidation sites excluding steroid dienone is 2. The van der Waals surface area contributed by atoms with E-state index in [9.17, 15) is 14.4 Å². The first-order valence-electron chi connectivity index (χ1n) is 9.09. The van der Waals surface area contributed by atoms with Crippen LogP contribution in [0.4, 0.5) is 5.69 Å².